The molecule has 0 atom stereocenters. The third-order valence-corrected chi connectivity index (χ3v) is 4.18. The number of carbonyl (C=O) groups excluding carboxylic acids is 1. The topological polar surface area (TPSA) is 84.9 Å². The minimum Gasteiger partial charge on any atom is -0.481 e. The number of nitrogens with one attached hydrogen (secondary N) is 1. The number of rotatable bonds is 3. The van der Waals surface area contributed by atoms with Gasteiger partial charge in [-0.05, 0) is 57.7 Å². The molecule has 0 unspecified atom stereocenters. The Kier molecular flexibility index (Phi) is 5.18. The van der Waals surface area contributed by atoms with Gasteiger partial charge in [-0.2, -0.15) is 0 Å². The van der Waals surface area contributed by atoms with Crippen LogP contribution in [0.4, 0.5) is 10.5 Å². The average molecular weight is 335 g/mol. The molecule has 1 fully saturated rings. The Morgan fingerprint density at radius 2 is 1.88 bits per heavy atom. The predicted octanol–water partition coefficient (Wildman–Crippen LogP) is 3.47. The maximum absolute atomic E-state index is 12.0. The van der Waals surface area contributed by atoms with E-state index in [2.05, 4.69) is 5.32 Å². The van der Waals surface area contributed by atoms with Crippen LogP contribution < -0.4 is 5.32 Å². The van der Waals surface area contributed by atoms with Crippen molar-refractivity contribution in [3.8, 4) is 0 Å². The Hall–Kier alpha value is -2.08. The van der Waals surface area contributed by atoms with Crippen molar-refractivity contribution in [2.45, 2.75) is 51.6 Å². The van der Waals surface area contributed by atoms with E-state index in [1.165, 1.54) is 0 Å². The predicted molar refractivity (Wildman–Crippen MR) is 90.4 cm³/mol. The van der Waals surface area contributed by atoms with Gasteiger partial charge in [0.2, 0.25) is 0 Å². The molecule has 6 heteroatoms. The van der Waals surface area contributed by atoms with Crippen molar-refractivity contribution in [3.05, 3.63) is 29.3 Å². The van der Waals surface area contributed by atoms with Crippen LogP contribution in [0.1, 0.15) is 44.7 Å². The minimum absolute atomic E-state index is 0.412. The highest BCUT2D eigenvalue weighted by Gasteiger charge is 2.42. The van der Waals surface area contributed by atoms with Gasteiger partial charge in [-0.15, -0.1) is 0 Å². The summed E-state index contributed by atoms with van der Waals surface area (Å²) in [5.74, 6) is -0.863. The zero-order chi connectivity index (χ0) is 18.0. The number of hydrogen-bond donors (Lipinski definition) is 2. The summed E-state index contributed by atoms with van der Waals surface area (Å²) in [4.78, 5) is 23.9. The number of carboxylic acid groups (broad SMARTS) is 1. The highest BCUT2D eigenvalue weighted by molar-refractivity contribution is 5.87. The molecule has 0 saturated carbocycles. The molecule has 1 aromatic carbocycles. The largest absolute Gasteiger partial charge is 0.481 e. The summed E-state index contributed by atoms with van der Waals surface area (Å²) in [6.07, 6.45) is 0.272. The number of hydrogen-bond acceptors (Lipinski definition) is 4. The summed E-state index contributed by atoms with van der Waals surface area (Å²) < 4.78 is 10.6. The van der Waals surface area contributed by atoms with Gasteiger partial charge in [-0.3, -0.25) is 10.1 Å². The number of benzene rings is 1. The van der Waals surface area contributed by atoms with Gasteiger partial charge >= 0.3 is 12.1 Å². The molecule has 24 heavy (non-hydrogen) atoms. The Morgan fingerprint density at radius 1 is 1.25 bits per heavy atom. The molecule has 2 rings (SSSR count). The molecule has 1 amide bonds. The van der Waals surface area contributed by atoms with Crippen LogP contribution in [0.3, 0.4) is 0 Å². The van der Waals surface area contributed by atoms with Crippen molar-refractivity contribution < 1.29 is 24.2 Å². The summed E-state index contributed by atoms with van der Waals surface area (Å²) in [5, 5.41) is 12.5. The van der Waals surface area contributed by atoms with E-state index in [1.807, 2.05) is 19.1 Å². The molecule has 1 aromatic rings. The summed E-state index contributed by atoms with van der Waals surface area (Å²) in [6, 6.07) is 5.37. The normalized spacial score (nSPS) is 17.2. The number of ether oxygens (including phenoxy) is 2. The monoisotopic (exact) mass is 335 g/mol. The van der Waals surface area contributed by atoms with E-state index in [9.17, 15) is 14.7 Å². The van der Waals surface area contributed by atoms with E-state index in [1.54, 1.807) is 26.8 Å². The van der Waals surface area contributed by atoms with Gasteiger partial charge in [0.05, 0.1) is 5.41 Å². The summed E-state index contributed by atoms with van der Waals surface area (Å²) in [5.41, 5.74) is 0.510. The van der Waals surface area contributed by atoms with Crippen LogP contribution in [-0.4, -0.2) is 36.0 Å². The number of carbonyl (C=O) groups is 2. The lowest BCUT2D eigenvalue weighted by molar-refractivity contribution is -0.147. The molecular weight excluding hydrogens is 310 g/mol. The van der Waals surface area contributed by atoms with Crippen LogP contribution >= 0.6 is 0 Å². The third kappa shape index (κ3) is 4.06. The molecule has 2 N–H and O–H groups in total. The Labute approximate surface area is 142 Å². The van der Waals surface area contributed by atoms with Crippen molar-refractivity contribution in [1.29, 1.82) is 0 Å². The van der Waals surface area contributed by atoms with Gasteiger partial charge < -0.3 is 14.6 Å². The fourth-order valence-corrected chi connectivity index (χ4v) is 2.81. The summed E-state index contributed by atoms with van der Waals surface area (Å²) in [7, 11) is 0. The molecule has 0 aliphatic carbocycles. The zero-order valence-electron chi connectivity index (χ0n) is 14.6. The van der Waals surface area contributed by atoms with E-state index >= 15 is 0 Å². The van der Waals surface area contributed by atoms with Crippen LogP contribution in [-0.2, 0) is 19.7 Å². The SMILES string of the molecule is Cc1ccc(C2(C(=O)O)CCOCC2)cc1NC(=O)OC(C)(C)C. The number of amides is 1. The van der Waals surface area contributed by atoms with Crippen molar-refractivity contribution >= 4 is 17.7 Å². The van der Waals surface area contributed by atoms with E-state index in [4.69, 9.17) is 9.47 Å². The maximum atomic E-state index is 12.0. The van der Waals surface area contributed by atoms with E-state index in [0.717, 1.165) is 5.56 Å². The van der Waals surface area contributed by atoms with Crippen molar-refractivity contribution in [1.82, 2.24) is 0 Å². The first-order valence-corrected chi connectivity index (χ1v) is 8.06. The van der Waals surface area contributed by atoms with E-state index in [0.29, 0.717) is 37.3 Å². The van der Waals surface area contributed by atoms with E-state index < -0.39 is 23.1 Å². The van der Waals surface area contributed by atoms with Gasteiger partial charge in [0, 0.05) is 18.9 Å². The molecule has 1 aliphatic rings. The molecule has 1 aliphatic heterocycles. The molecule has 1 heterocycles. The van der Waals surface area contributed by atoms with Crippen LogP contribution in [0.5, 0.6) is 0 Å². The molecule has 0 bridgehead atoms. The van der Waals surface area contributed by atoms with Gasteiger partial charge in [0.25, 0.3) is 0 Å². The van der Waals surface area contributed by atoms with Crippen LogP contribution in [0.15, 0.2) is 18.2 Å². The number of anilines is 1. The lowest BCUT2D eigenvalue weighted by Crippen LogP contribution is -2.41. The Bertz CT molecular complexity index is 627. The van der Waals surface area contributed by atoms with Crippen molar-refractivity contribution in [2.75, 3.05) is 18.5 Å². The average Bonchev–Trinajstić information content (AvgIpc) is 2.48. The summed E-state index contributed by atoms with van der Waals surface area (Å²) in [6.45, 7) is 8.05. The van der Waals surface area contributed by atoms with Gasteiger partial charge in [-0.1, -0.05) is 12.1 Å². The summed E-state index contributed by atoms with van der Waals surface area (Å²) >= 11 is 0. The number of carboxylic acids is 1. The quantitative estimate of drug-likeness (QED) is 0.883. The minimum atomic E-state index is -0.976. The second-order valence-electron chi connectivity index (χ2n) is 7.16. The lowest BCUT2D eigenvalue weighted by atomic mass is 9.74. The first-order valence-electron chi connectivity index (χ1n) is 8.06. The molecule has 6 nitrogen and oxygen atoms in total. The highest BCUT2D eigenvalue weighted by atomic mass is 16.6. The lowest BCUT2D eigenvalue weighted by Gasteiger charge is -2.34. The standard InChI is InChI=1S/C18H25NO5/c1-12-5-6-13(18(15(20)21)7-9-23-10-8-18)11-14(12)19-16(22)24-17(2,3)4/h5-6,11H,7-10H2,1-4H3,(H,19,22)(H,20,21). The molecule has 132 valence electrons. The molecule has 1 saturated heterocycles. The second kappa shape index (κ2) is 6.81. The van der Waals surface area contributed by atoms with Gasteiger partial charge in [-0.25, -0.2) is 4.79 Å². The van der Waals surface area contributed by atoms with Gasteiger partial charge in [0.1, 0.15) is 5.60 Å². The van der Waals surface area contributed by atoms with Gasteiger partial charge in [0.15, 0.2) is 0 Å². The molecule has 0 radical (unpaired) electrons. The first kappa shape index (κ1) is 18.3. The molecular formula is C18H25NO5. The Balaban J connectivity index is 2.30. The van der Waals surface area contributed by atoms with Crippen molar-refractivity contribution in [2.24, 2.45) is 0 Å². The second-order valence-corrected chi connectivity index (χ2v) is 7.16. The first-order chi connectivity index (χ1) is 11.1. The Morgan fingerprint density at radius 3 is 2.42 bits per heavy atom. The fraction of sp³-hybridized carbons (Fsp3) is 0.556. The number of aryl methyl sites for hydroxylation is 1. The maximum Gasteiger partial charge on any atom is 0.412 e. The smallest absolute Gasteiger partial charge is 0.412 e. The van der Waals surface area contributed by atoms with Crippen molar-refractivity contribution in [3.63, 3.8) is 0 Å². The van der Waals surface area contributed by atoms with Crippen LogP contribution in [0.2, 0.25) is 0 Å². The van der Waals surface area contributed by atoms with Crippen LogP contribution in [0, 0.1) is 6.92 Å². The third-order valence-electron chi connectivity index (χ3n) is 4.18. The highest BCUT2D eigenvalue weighted by Crippen LogP contribution is 2.37. The number of aliphatic carboxylic acids is 1. The fourth-order valence-electron chi connectivity index (χ4n) is 2.81. The molecule has 0 spiro atoms. The van der Waals surface area contributed by atoms with E-state index in [-0.39, 0.29) is 0 Å². The molecule has 0 aromatic heterocycles. The zero-order valence-corrected chi connectivity index (χ0v) is 14.6. The van der Waals surface area contributed by atoms with Crippen LogP contribution in [0.25, 0.3) is 0 Å².